The molecule has 0 aliphatic heterocycles. The van der Waals surface area contributed by atoms with Crippen LogP contribution in [-0.2, 0) is 4.79 Å². The van der Waals surface area contributed by atoms with E-state index in [2.05, 4.69) is 17.6 Å². The highest BCUT2D eigenvalue weighted by Gasteiger charge is 2.21. The van der Waals surface area contributed by atoms with E-state index in [4.69, 9.17) is 0 Å². The summed E-state index contributed by atoms with van der Waals surface area (Å²) in [7, 11) is 1.88. The fourth-order valence-corrected chi connectivity index (χ4v) is 2.33. The number of hydrogen-bond donors (Lipinski definition) is 2. The lowest BCUT2D eigenvalue weighted by molar-refractivity contribution is -0.122. The van der Waals surface area contributed by atoms with Crippen LogP contribution in [0.3, 0.4) is 0 Å². The third kappa shape index (κ3) is 4.65. The van der Waals surface area contributed by atoms with Gasteiger partial charge in [-0.05, 0) is 25.8 Å². The maximum Gasteiger partial charge on any atom is 0.221 e. The number of amides is 1. The zero-order valence-electron chi connectivity index (χ0n) is 10.0. The Bertz CT molecular complexity index is 194. The first-order valence-corrected chi connectivity index (χ1v) is 6.20. The normalized spacial score (nSPS) is 26.3. The van der Waals surface area contributed by atoms with Crippen LogP contribution in [0.4, 0.5) is 0 Å². The number of rotatable bonds is 5. The minimum atomic E-state index is 0.200. The first-order chi connectivity index (χ1) is 7.26. The van der Waals surface area contributed by atoms with Gasteiger partial charge in [-0.2, -0.15) is 0 Å². The van der Waals surface area contributed by atoms with Crippen LogP contribution in [-0.4, -0.2) is 25.5 Å². The van der Waals surface area contributed by atoms with Crippen molar-refractivity contribution in [2.24, 2.45) is 5.92 Å². The molecule has 1 aliphatic carbocycles. The Morgan fingerprint density at radius 2 is 2.20 bits per heavy atom. The molecule has 0 aromatic heterocycles. The first kappa shape index (κ1) is 12.5. The fourth-order valence-electron chi connectivity index (χ4n) is 2.33. The van der Waals surface area contributed by atoms with Gasteiger partial charge in [-0.25, -0.2) is 0 Å². The topological polar surface area (TPSA) is 41.1 Å². The standard InChI is InChI=1S/C12H24N2O/c1-3-10-5-4-6-11(9-10)14-12(15)7-8-13-2/h10-11,13H,3-9H2,1-2H3,(H,14,15). The van der Waals surface area contributed by atoms with Crippen molar-refractivity contribution in [1.82, 2.24) is 10.6 Å². The summed E-state index contributed by atoms with van der Waals surface area (Å²) >= 11 is 0. The third-order valence-corrected chi connectivity index (χ3v) is 3.33. The molecular weight excluding hydrogens is 188 g/mol. The van der Waals surface area contributed by atoms with Crippen LogP contribution >= 0.6 is 0 Å². The van der Waals surface area contributed by atoms with E-state index in [9.17, 15) is 4.79 Å². The summed E-state index contributed by atoms with van der Waals surface area (Å²) in [5.74, 6) is 1.03. The van der Waals surface area contributed by atoms with Gasteiger partial charge in [0.2, 0.25) is 5.91 Å². The largest absolute Gasteiger partial charge is 0.353 e. The van der Waals surface area contributed by atoms with Crippen LogP contribution in [0.1, 0.15) is 45.4 Å². The maximum absolute atomic E-state index is 11.5. The number of nitrogens with one attached hydrogen (secondary N) is 2. The average Bonchev–Trinajstić information content (AvgIpc) is 2.26. The van der Waals surface area contributed by atoms with Crippen molar-refractivity contribution < 1.29 is 4.79 Å². The zero-order chi connectivity index (χ0) is 11.1. The molecule has 3 heteroatoms. The second-order valence-corrected chi connectivity index (χ2v) is 4.56. The van der Waals surface area contributed by atoms with Crippen LogP contribution in [0.15, 0.2) is 0 Å². The molecule has 0 bridgehead atoms. The van der Waals surface area contributed by atoms with E-state index in [1.165, 1.54) is 32.1 Å². The van der Waals surface area contributed by atoms with Crippen molar-refractivity contribution in [3.05, 3.63) is 0 Å². The van der Waals surface area contributed by atoms with Crippen LogP contribution in [0.2, 0.25) is 0 Å². The van der Waals surface area contributed by atoms with Crippen molar-refractivity contribution in [3.63, 3.8) is 0 Å². The fraction of sp³-hybridized carbons (Fsp3) is 0.917. The van der Waals surface area contributed by atoms with Gasteiger partial charge in [0, 0.05) is 19.0 Å². The minimum absolute atomic E-state index is 0.200. The quantitative estimate of drug-likeness (QED) is 0.728. The molecule has 2 atom stereocenters. The Labute approximate surface area is 93.0 Å². The summed E-state index contributed by atoms with van der Waals surface area (Å²) in [6.45, 7) is 3.02. The van der Waals surface area contributed by atoms with E-state index in [1.807, 2.05) is 7.05 Å². The lowest BCUT2D eigenvalue weighted by atomic mass is 9.84. The molecule has 0 radical (unpaired) electrons. The summed E-state index contributed by atoms with van der Waals surface area (Å²) in [6.07, 6.45) is 6.82. The van der Waals surface area contributed by atoms with E-state index >= 15 is 0 Å². The van der Waals surface area contributed by atoms with Crippen LogP contribution in [0.25, 0.3) is 0 Å². The molecule has 0 saturated heterocycles. The Balaban J connectivity index is 2.22. The van der Waals surface area contributed by atoms with Crippen molar-refractivity contribution in [1.29, 1.82) is 0 Å². The molecular formula is C12H24N2O. The van der Waals surface area contributed by atoms with Crippen LogP contribution < -0.4 is 10.6 Å². The summed E-state index contributed by atoms with van der Waals surface area (Å²) < 4.78 is 0. The number of hydrogen-bond acceptors (Lipinski definition) is 2. The minimum Gasteiger partial charge on any atom is -0.353 e. The number of carbonyl (C=O) groups is 1. The molecule has 1 saturated carbocycles. The summed E-state index contributed by atoms with van der Waals surface area (Å²) in [5.41, 5.74) is 0. The summed E-state index contributed by atoms with van der Waals surface area (Å²) in [6, 6.07) is 0.438. The van der Waals surface area contributed by atoms with E-state index in [0.717, 1.165) is 12.5 Å². The third-order valence-electron chi connectivity index (χ3n) is 3.33. The smallest absolute Gasteiger partial charge is 0.221 e. The van der Waals surface area contributed by atoms with Crippen molar-refractivity contribution in [3.8, 4) is 0 Å². The highest BCUT2D eigenvalue weighted by Crippen LogP contribution is 2.26. The predicted molar refractivity (Wildman–Crippen MR) is 62.7 cm³/mol. The monoisotopic (exact) mass is 212 g/mol. The van der Waals surface area contributed by atoms with Gasteiger partial charge in [-0.1, -0.05) is 26.2 Å². The van der Waals surface area contributed by atoms with E-state index in [0.29, 0.717) is 12.5 Å². The molecule has 0 heterocycles. The summed E-state index contributed by atoms with van der Waals surface area (Å²) in [5, 5.41) is 6.13. The molecule has 1 rings (SSSR count). The molecule has 1 aliphatic rings. The molecule has 0 aromatic carbocycles. The van der Waals surface area contributed by atoms with Crippen molar-refractivity contribution >= 4 is 5.91 Å². The van der Waals surface area contributed by atoms with Gasteiger partial charge >= 0.3 is 0 Å². The SMILES string of the molecule is CCC1CCCC(NC(=O)CCNC)C1. The summed E-state index contributed by atoms with van der Waals surface area (Å²) in [4.78, 5) is 11.5. The molecule has 0 aromatic rings. The molecule has 15 heavy (non-hydrogen) atoms. The van der Waals surface area contributed by atoms with Gasteiger partial charge in [-0.15, -0.1) is 0 Å². The maximum atomic E-state index is 11.5. The van der Waals surface area contributed by atoms with Gasteiger partial charge in [0.05, 0.1) is 0 Å². The Morgan fingerprint density at radius 3 is 2.87 bits per heavy atom. The molecule has 1 amide bonds. The van der Waals surface area contributed by atoms with Gasteiger partial charge in [0.1, 0.15) is 0 Å². The zero-order valence-corrected chi connectivity index (χ0v) is 10.0. The highest BCUT2D eigenvalue weighted by atomic mass is 16.1. The second-order valence-electron chi connectivity index (χ2n) is 4.56. The van der Waals surface area contributed by atoms with Crippen molar-refractivity contribution in [2.75, 3.05) is 13.6 Å². The average molecular weight is 212 g/mol. The van der Waals surface area contributed by atoms with Gasteiger partial charge in [-0.3, -0.25) is 4.79 Å². The van der Waals surface area contributed by atoms with Crippen LogP contribution in [0, 0.1) is 5.92 Å². The molecule has 2 N–H and O–H groups in total. The van der Waals surface area contributed by atoms with Gasteiger partial charge < -0.3 is 10.6 Å². The Hall–Kier alpha value is -0.570. The second kappa shape index (κ2) is 6.83. The van der Waals surface area contributed by atoms with Gasteiger partial charge in [0.25, 0.3) is 0 Å². The number of carbonyl (C=O) groups excluding carboxylic acids is 1. The predicted octanol–water partition coefficient (Wildman–Crippen LogP) is 1.68. The lowest BCUT2D eigenvalue weighted by Gasteiger charge is -2.29. The Morgan fingerprint density at radius 1 is 1.40 bits per heavy atom. The molecule has 1 fully saturated rings. The molecule has 2 unspecified atom stereocenters. The van der Waals surface area contributed by atoms with Gasteiger partial charge in [0.15, 0.2) is 0 Å². The van der Waals surface area contributed by atoms with E-state index < -0.39 is 0 Å². The first-order valence-electron chi connectivity index (χ1n) is 6.20. The van der Waals surface area contributed by atoms with E-state index in [-0.39, 0.29) is 5.91 Å². The molecule has 3 nitrogen and oxygen atoms in total. The Kier molecular flexibility index (Phi) is 5.69. The van der Waals surface area contributed by atoms with Crippen molar-refractivity contribution in [2.45, 2.75) is 51.5 Å². The molecule has 88 valence electrons. The highest BCUT2D eigenvalue weighted by molar-refractivity contribution is 5.76. The lowest BCUT2D eigenvalue weighted by Crippen LogP contribution is -2.39. The molecule has 0 spiro atoms. The van der Waals surface area contributed by atoms with E-state index in [1.54, 1.807) is 0 Å². The van der Waals surface area contributed by atoms with Crippen LogP contribution in [0.5, 0.6) is 0 Å².